The van der Waals surface area contributed by atoms with Gasteiger partial charge in [-0.05, 0) is 37.5 Å². The number of likely N-dealkylation sites (tertiary alicyclic amines) is 1. The predicted octanol–water partition coefficient (Wildman–Crippen LogP) is 2.93. The topological polar surface area (TPSA) is 64.5 Å². The van der Waals surface area contributed by atoms with E-state index in [1.165, 1.54) is 0 Å². The van der Waals surface area contributed by atoms with Gasteiger partial charge in [0, 0.05) is 38.5 Å². The van der Waals surface area contributed by atoms with E-state index in [0.29, 0.717) is 19.0 Å². The largest absolute Gasteiger partial charge is 0.437 e. The summed E-state index contributed by atoms with van der Waals surface area (Å²) < 4.78 is 10.9. The van der Waals surface area contributed by atoms with Crippen LogP contribution in [0.2, 0.25) is 0 Å². The molecule has 25 heavy (non-hydrogen) atoms. The molecular formula is C19H23N3O3. The van der Waals surface area contributed by atoms with Crippen LogP contribution in [0.5, 0.6) is 11.6 Å². The molecule has 0 N–H and O–H groups in total. The molecule has 3 rings (SSSR count). The third-order valence-corrected chi connectivity index (χ3v) is 4.40. The average Bonchev–Trinajstić information content (AvgIpc) is 2.63. The molecule has 1 amide bonds. The second-order valence-electron chi connectivity index (χ2n) is 6.25. The van der Waals surface area contributed by atoms with E-state index in [1.54, 1.807) is 19.5 Å². The fourth-order valence-corrected chi connectivity index (χ4v) is 3.10. The highest BCUT2D eigenvalue weighted by Gasteiger charge is 2.27. The van der Waals surface area contributed by atoms with Gasteiger partial charge in [-0.25, -0.2) is 4.98 Å². The molecule has 0 saturated carbocycles. The fourth-order valence-electron chi connectivity index (χ4n) is 3.10. The number of amides is 1. The Kier molecular flexibility index (Phi) is 5.60. The summed E-state index contributed by atoms with van der Waals surface area (Å²) in [4.78, 5) is 22.7. The molecule has 1 aliphatic heterocycles. The van der Waals surface area contributed by atoms with Crippen LogP contribution >= 0.6 is 0 Å². The zero-order chi connectivity index (χ0) is 17.6. The number of ether oxygens (including phenoxy) is 2. The Labute approximate surface area is 147 Å². The van der Waals surface area contributed by atoms with Gasteiger partial charge in [0.15, 0.2) is 0 Å². The molecule has 0 unspecified atom stereocenters. The van der Waals surface area contributed by atoms with Gasteiger partial charge in [-0.15, -0.1) is 0 Å². The van der Waals surface area contributed by atoms with Crippen LogP contribution in [0.3, 0.4) is 0 Å². The van der Waals surface area contributed by atoms with Crippen molar-refractivity contribution in [1.82, 2.24) is 14.9 Å². The van der Waals surface area contributed by atoms with Crippen molar-refractivity contribution in [3.05, 3.63) is 47.9 Å². The van der Waals surface area contributed by atoms with Crippen LogP contribution < -0.4 is 4.74 Å². The van der Waals surface area contributed by atoms with E-state index in [1.807, 2.05) is 36.1 Å². The van der Waals surface area contributed by atoms with Crippen LogP contribution in [0.4, 0.5) is 0 Å². The van der Waals surface area contributed by atoms with Crippen LogP contribution in [0.1, 0.15) is 30.0 Å². The number of piperidine rings is 1. The minimum absolute atomic E-state index is 0.0383. The van der Waals surface area contributed by atoms with Gasteiger partial charge in [0.05, 0.1) is 0 Å². The van der Waals surface area contributed by atoms with Crippen molar-refractivity contribution >= 4 is 5.91 Å². The monoisotopic (exact) mass is 341 g/mol. The van der Waals surface area contributed by atoms with Crippen LogP contribution in [-0.2, 0) is 9.53 Å². The molecular weight excluding hydrogens is 318 g/mol. The van der Waals surface area contributed by atoms with E-state index < -0.39 is 0 Å². The summed E-state index contributed by atoms with van der Waals surface area (Å²) in [5, 5.41) is 0. The molecule has 1 aromatic heterocycles. The van der Waals surface area contributed by atoms with E-state index in [4.69, 9.17) is 9.47 Å². The fraction of sp³-hybridized carbons (Fsp3) is 0.421. The highest BCUT2D eigenvalue weighted by molar-refractivity contribution is 5.77. The number of benzene rings is 1. The molecule has 2 heterocycles. The van der Waals surface area contributed by atoms with Crippen molar-refractivity contribution < 1.29 is 14.3 Å². The summed E-state index contributed by atoms with van der Waals surface area (Å²) in [6, 6.07) is 7.87. The minimum Gasteiger partial charge on any atom is -0.437 e. The Balaban J connectivity index is 1.70. The molecule has 1 aromatic carbocycles. The second-order valence-corrected chi connectivity index (χ2v) is 6.25. The minimum atomic E-state index is 0.0383. The van der Waals surface area contributed by atoms with E-state index >= 15 is 0 Å². The normalized spacial score (nSPS) is 15.2. The van der Waals surface area contributed by atoms with Crippen molar-refractivity contribution in [3.8, 4) is 11.6 Å². The summed E-state index contributed by atoms with van der Waals surface area (Å²) >= 11 is 0. The second kappa shape index (κ2) is 8.07. The van der Waals surface area contributed by atoms with Crippen molar-refractivity contribution in [2.75, 3.05) is 26.8 Å². The molecule has 1 fully saturated rings. The molecule has 1 aliphatic rings. The number of carbonyl (C=O) groups excluding carboxylic acids is 1. The van der Waals surface area contributed by atoms with Crippen molar-refractivity contribution in [3.63, 3.8) is 0 Å². The zero-order valence-electron chi connectivity index (χ0n) is 14.6. The lowest BCUT2D eigenvalue weighted by Gasteiger charge is -2.31. The number of hydrogen-bond donors (Lipinski definition) is 0. The maximum absolute atomic E-state index is 11.9. The Bertz CT molecular complexity index is 727. The summed E-state index contributed by atoms with van der Waals surface area (Å²) in [5.41, 5.74) is 2.00. The van der Waals surface area contributed by atoms with E-state index in [2.05, 4.69) is 9.97 Å². The zero-order valence-corrected chi connectivity index (χ0v) is 14.6. The molecule has 1 saturated heterocycles. The van der Waals surface area contributed by atoms with Gasteiger partial charge in [-0.3, -0.25) is 9.78 Å². The Hall–Kier alpha value is -2.47. The molecule has 6 heteroatoms. The number of methoxy groups -OCH3 is 1. The van der Waals surface area contributed by atoms with Crippen LogP contribution in [0, 0.1) is 6.92 Å². The summed E-state index contributed by atoms with van der Waals surface area (Å²) in [5.74, 6) is 1.58. The van der Waals surface area contributed by atoms with Crippen molar-refractivity contribution in [2.45, 2.75) is 25.7 Å². The van der Waals surface area contributed by atoms with Gasteiger partial charge in [-0.1, -0.05) is 12.1 Å². The van der Waals surface area contributed by atoms with Crippen molar-refractivity contribution in [1.29, 1.82) is 0 Å². The smallest absolute Gasteiger partial charge is 0.248 e. The standard InChI is InChI=1S/C19H23N3O3/c1-14-4-3-5-16(12-14)25-19-18(20-8-9-21-19)15-6-10-22(11-7-15)17(23)13-24-2/h3-5,8-9,12,15H,6-7,10-11,13H2,1-2H3. The third kappa shape index (κ3) is 4.33. The van der Waals surface area contributed by atoms with Gasteiger partial charge >= 0.3 is 0 Å². The highest BCUT2D eigenvalue weighted by atomic mass is 16.5. The molecule has 0 atom stereocenters. The third-order valence-electron chi connectivity index (χ3n) is 4.40. The SMILES string of the molecule is COCC(=O)N1CCC(c2nccnc2Oc2cccc(C)c2)CC1. The Morgan fingerprint density at radius 3 is 2.72 bits per heavy atom. The van der Waals surface area contributed by atoms with Gasteiger partial charge in [0.25, 0.3) is 0 Å². The highest BCUT2D eigenvalue weighted by Crippen LogP contribution is 2.33. The van der Waals surface area contributed by atoms with E-state index in [9.17, 15) is 4.79 Å². The Morgan fingerprint density at radius 1 is 1.24 bits per heavy atom. The van der Waals surface area contributed by atoms with Gasteiger partial charge < -0.3 is 14.4 Å². The van der Waals surface area contributed by atoms with Crippen LogP contribution in [-0.4, -0.2) is 47.6 Å². The van der Waals surface area contributed by atoms with Gasteiger partial charge in [0.1, 0.15) is 18.1 Å². The van der Waals surface area contributed by atoms with Crippen LogP contribution in [0.25, 0.3) is 0 Å². The first-order chi connectivity index (χ1) is 12.2. The molecule has 132 valence electrons. The van der Waals surface area contributed by atoms with Gasteiger partial charge in [-0.2, -0.15) is 0 Å². The first-order valence-electron chi connectivity index (χ1n) is 8.49. The summed E-state index contributed by atoms with van der Waals surface area (Å²) in [6.07, 6.45) is 5.03. The maximum Gasteiger partial charge on any atom is 0.248 e. The molecule has 0 bridgehead atoms. The van der Waals surface area contributed by atoms with Crippen molar-refractivity contribution in [2.24, 2.45) is 0 Å². The first kappa shape index (κ1) is 17.4. The maximum atomic E-state index is 11.9. The quantitative estimate of drug-likeness (QED) is 0.837. The molecule has 0 aliphatic carbocycles. The number of hydrogen-bond acceptors (Lipinski definition) is 5. The van der Waals surface area contributed by atoms with E-state index in [0.717, 1.165) is 29.8 Å². The summed E-state index contributed by atoms with van der Waals surface area (Å²) in [7, 11) is 1.54. The molecule has 0 spiro atoms. The lowest BCUT2D eigenvalue weighted by Crippen LogP contribution is -2.39. The number of aryl methyl sites for hydroxylation is 1. The summed E-state index contributed by atoms with van der Waals surface area (Å²) in [6.45, 7) is 3.56. The lowest BCUT2D eigenvalue weighted by molar-refractivity contribution is -0.136. The predicted molar refractivity (Wildman–Crippen MR) is 93.7 cm³/mol. The molecule has 0 radical (unpaired) electrons. The number of aromatic nitrogens is 2. The number of carbonyl (C=O) groups is 1. The average molecular weight is 341 g/mol. The number of nitrogens with zero attached hydrogens (tertiary/aromatic N) is 3. The Morgan fingerprint density at radius 2 is 2.00 bits per heavy atom. The lowest BCUT2D eigenvalue weighted by atomic mass is 9.93. The van der Waals surface area contributed by atoms with Crippen LogP contribution in [0.15, 0.2) is 36.7 Å². The first-order valence-corrected chi connectivity index (χ1v) is 8.49. The molecule has 6 nitrogen and oxygen atoms in total. The number of rotatable bonds is 5. The molecule has 2 aromatic rings. The van der Waals surface area contributed by atoms with Gasteiger partial charge in [0.2, 0.25) is 11.8 Å². The van der Waals surface area contributed by atoms with E-state index in [-0.39, 0.29) is 18.4 Å².